The van der Waals surface area contributed by atoms with E-state index < -0.39 is 0 Å². The van der Waals surface area contributed by atoms with Crippen molar-refractivity contribution in [3.05, 3.63) is 0 Å². The Hall–Kier alpha value is -0.120. The molecule has 0 radical (unpaired) electrons. The van der Waals surface area contributed by atoms with Gasteiger partial charge in [-0.05, 0) is 58.8 Å². The summed E-state index contributed by atoms with van der Waals surface area (Å²) in [5, 5.41) is 3.90. The molecule has 1 N–H and O–H groups in total. The van der Waals surface area contributed by atoms with Crippen LogP contribution in [0.25, 0.3) is 0 Å². The van der Waals surface area contributed by atoms with Crippen molar-refractivity contribution in [3.8, 4) is 0 Å². The normalized spacial score (nSPS) is 29.1. The van der Waals surface area contributed by atoms with E-state index in [0.29, 0.717) is 6.04 Å². The molecule has 0 aromatic rings. The second kappa shape index (κ2) is 7.77. The van der Waals surface area contributed by atoms with Crippen molar-refractivity contribution in [1.29, 1.82) is 0 Å². The van der Waals surface area contributed by atoms with Crippen molar-refractivity contribution in [2.45, 2.75) is 70.5 Å². The van der Waals surface area contributed by atoms with Gasteiger partial charge in [0.2, 0.25) is 0 Å². The van der Waals surface area contributed by atoms with Gasteiger partial charge < -0.3 is 15.1 Å². The molecule has 0 aliphatic carbocycles. The lowest BCUT2D eigenvalue weighted by Crippen LogP contribution is -2.50. The maximum atomic E-state index is 3.90. The topological polar surface area (TPSA) is 18.5 Å². The summed E-state index contributed by atoms with van der Waals surface area (Å²) in [4.78, 5) is 5.14. The standard InChI is InChI=1S/C17H35N3/c1-5-14(6-2)17(19(3)4)13-18-15-9-11-20-10-7-8-16(20)12-15/h14-18H,5-13H2,1-4H3. The Morgan fingerprint density at radius 1 is 1.15 bits per heavy atom. The van der Waals surface area contributed by atoms with Gasteiger partial charge >= 0.3 is 0 Å². The lowest BCUT2D eigenvalue weighted by molar-refractivity contribution is 0.147. The fourth-order valence-corrected chi connectivity index (χ4v) is 4.30. The number of hydrogen-bond acceptors (Lipinski definition) is 3. The first-order chi connectivity index (χ1) is 9.65. The molecule has 20 heavy (non-hydrogen) atoms. The third-order valence-corrected chi connectivity index (χ3v) is 5.69. The Kier molecular flexibility index (Phi) is 6.31. The molecule has 0 spiro atoms. The van der Waals surface area contributed by atoms with Crippen LogP contribution in [0.15, 0.2) is 0 Å². The van der Waals surface area contributed by atoms with Gasteiger partial charge in [-0.1, -0.05) is 26.7 Å². The second-order valence-electron chi connectivity index (χ2n) is 7.07. The van der Waals surface area contributed by atoms with Gasteiger partial charge in [-0.2, -0.15) is 0 Å². The average Bonchev–Trinajstić information content (AvgIpc) is 2.90. The van der Waals surface area contributed by atoms with Crippen LogP contribution < -0.4 is 5.32 Å². The van der Waals surface area contributed by atoms with E-state index in [0.717, 1.165) is 24.5 Å². The lowest BCUT2D eigenvalue weighted by atomic mass is 9.92. The Bertz CT molecular complexity index is 275. The summed E-state index contributed by atoms with van der Waals surface area (Å²) in [6, 6.07) is 2.32. The van der Waals surface area contributed by atoms with Crippen LogP contribution in [-0.4, -0.2) is 61.7 Å². The Labute approximate surface area is 126 Å². The number of piperidine rings is 1. The molecule has 2 heterocycles. The van der Waals surface area contributed by atoms with Crippen LogP contribution in [0.4, 0.5) is 0 Å². The number of likely N-dealkylation sites (N-methyl/N-ethyl adjacent to an activating group) is 1. The summed E-state index contributed by atoms with van der Waals surface area (Å²) in [5.74, 6) is 0.823. The molecule has 2 aliphatic heterocycles. The number of fused-ring (bicyclic) bond motifs is 1. The SMILES string of the molecule is CCC(CC)C(CNC1CCN2CCCC2C1)N(C)C. The highest BCUT2D eigenvalue weighted by molar-refractivity contribution is 4.90. The van der Waals surface area contributed by atoms with Crippen LogP contribution in [0, 0.1) is 5.92 Å². The molecule has 2 aliphatic rings. The highest BCUT2D eigenvalue weighted by atomic mass is 15.2. The highest BCUT2D eigenvalue weighted by Gasteiger charge is 2.32. The van der Waals surface area contributed by atoms with Gasteiger partial charge in [-0.25, -0.2) is 0 Å². The fraction of sp³-hybridized carbons (Fsp3) is 1.00. The number of hydrogen-bond donors (Lipinski definition) is 1. The van der Waals surface area contributed by atoms with Gasteiger partial charge in [0.25, 0.3) is 0 Å². The monoisotopic (exact) mass is 281 g/mol. The third kappa shape index (κ3) is 3.96. The zero-order valence-corrected chi connectivity index (χ0v) is 14.1. The first-order valence-corrected chi connectivity index (χ1v) is 8.79. The molecule has 0 saturated carbocycles. The molecule has 2 fully saturated rings. The molecule has 2 rings (SSSR count). The largest absolute Gasteiger partial charge is 0.312 e. The number of rotatable bonds is 7. The minimum atomic E-state index is 0.687. The maximum absolute atomic E-state index is 3.90. The molecular formula is C17H35N3. The van der Waals surface area contributed by atoms with Crippen LogP contribution in [0.2, 0.25) is 0 Å². The molecule has 3 heteroatoms. The fourth-order valence-electron chi connectivity index (χ4n) is 4.30. The van der Waals surface area contributed by atoms with E-state index >= 15 is 0 Å². The molecule has 2 saturated heterocycles. The van der Waals surface area contributed by atoms with Gasteiger partial charge in [0.05, 0.1) is 0 Å². The summed E-state index contributed by atoms with van der Waals surface area (Å²) in [6.45, 7) is 8.51. The van der Waals surface area contributed by atoms with Crippen LogP contribution in [0.3, 0.4) is 0 Å². The summed E-state index contributed by atoms with van der Waals surface area (Å²) in [5.41, 5.74) is 0. The predicted molar refractivity (Wildman–Crippen MR) is 87.2 cm³/mol. The first kappa shape index (κ1) is 16.3. The maximum Gasteiger partial charge on any atom is 0.0242 e. The Morgan fingerprint density at radius 3 is 2.55 bits per heavy atom. The molecule has 3 unspecified atom stereocenters. The van der Waals surface area contributed by atoms with Crippen molar-refractivity contribution in [2.24, 2.45) is 5.92 Å². The van der Waals surface area contributed by atoms with E-state index in [2.05, 4.69) is 43.1 Å². The van der Waals surface area contributed by atoms with Gasteiger partial charge in [-0.3, -0.25) is 0 Å². The van der Waals surface area contributed by atoms with Gasteiger partial charge in [0.15, 0.2) is 0 Å². The first-order valence-electron chi connectivity index (χ1n) is 8.79. The molecule has 0 aromatic heterocycles. The number of nitrogens with zero attached hydrogens (tertiary/aromatic N) is 2. The van der Waals surface area contributed by atoms with Crippen LogP contribution in [0.1, 0.15) is 52.4 Å². The summed E-state index contributed by atoms with van der Waals surface area (Å²) in [7, 11) is 4.48. The van der Waals surface area contributed by atoms with Crippen LogP contribution in [0.5, 0.6) is 0 Å². The Morgan fingerprint density at radius 2 is 1.90 bits per heavy atom. The van der Waals surface area contributed by atoms with Crippen molar-refractivity contribution in [1.82, 2.24) is 15.1 Å². The van der Waals surface area contributed by atoms with Crippen molar-refractivity contribution < 1.29 is 0 Å². The van der Waals surface area contributed by atoms with E-state index in [1.807, 2.05) is 0 Å². The van der Waals surface area contributed by atoms with Crippen molar-refractivity contribution in [2.75, 3.05) is 33.7 Å². The van der Waals surface area contributed by atoms with Crippen LogP contribution >= 0.6 is 0 Å². The summed E-state index contributed by atoms with van der Waals surface area (Å²) in [6.07, 6.45) is 8.17. The second-order valence-corrected chi connectivity index (χ2v) is 7.07. The zero-order valence-electron chi connectivity index (χ0n) is 14.1. The van der Waals surface area contributed by atoms with Gasteiger partial charge in [-0.15, -0.1) is 0 Å². The quantitative estimate of drug-likeness (QED) is 0.774. The molecule has 0 amide bonds. The Balaban J connectivity index is 1.80. The van der Waals surface area contributed by atoms with Gasteiger partial charge in [0.1, 0.15) is 0 Å². The lowest BCUT2D eigenvalue weighted by Gasteiger charge is -2.38. The molecule has 0 aromatic carbocycles. The molecule has 3 nitrogen and oxygen atoms in total. The number of nitrogens with one attached hydrogen (secondary N) is 1. The van der Waals surface area contributed by atoms with Crippen molar-refractivity contribution >= 4 is 0 Å². The molecule has 3 atom stereocenters. The molecule has 118 valence electrons. The van der Waals surface area contributed by atoms with Crippen LogP contribution in [-0.2, 0) is 0 Å². The predicted octanol–water partition coefficient (Wildman–Crippen LogP) is 2.57. The average molecular weight is 281 g/mol. The smallest absolute Gasteiger partial charge is 0.0242 e. The third-order valence-electron chi connectivity index (χ3n) is 5.69. The summed E-state index contributed by atoms with van der Waals surface area (Å²) < 4.78 is 0. The molecule has 0 bridgehead atoms. The highest BCUT2D eigenvalue weighted by Crippen LogP contribution is 2.27. The summed E-state index contributed by atoms with van der Waals surface area (Å²) >= 11 is 0. The van der Waals surface area contributed by atoms with Crippen molar-refractivity contribution in [3.63, 3.8) is 0 Å². The van der Waals surface area contributed by atoms with Gasteiger partial charge in [0, 0.05) is 24.7 Å². The van der Waals surface area contributed by atoms with E-state index in [4.69, 9.17) is 0 Å². The zero-order chi connectivity index (χ0) is 14.5. The van der Waals surface area contributed by atoms with E-state index in [-0.39, 0.29) is 0 Å². The minimum Gasteiger partial charge on any atom is -0.312 e. The van der Waals surface area contributed by atoms with E-state index in [1.54, 1.807) is 0 Å². The van der Waals surface area contributed by atoms with E-state index in [1.165, 1.54) is 51.6 Å². The molecular weight excluding hydrogens is 246 g/mol. The minimum absolute atomic E-state index is 0.687. The van der Waals surface area contributed by atoms with E-state index in [9.17, 15) is 0 Å².